The number of phenolic OH excluding ortho intramolecular Hbond substituents is 1. The van der Waals surface area contributed by atoms with Crippen LogP contribution in [0.15, 0.2) is 18.2 Å². The number of nitrogens with zero attached hydrogens (tertiary/aromatic N) is 2. The molecule has 0 saturated heterocycles. The summed E-state index contributed by atoms with van der Waals surface area (Å²) in [6.45, 7) is 3.47. The lowest BCUT2D eigenvalue weighted by Crippen LogP contribution is -2.34. The van der Waals surface area contributed by atoms with Crippen LogP contribution in [-0.4, -0.2) is 29.0 Å². The van der Waals surface area contributed by atoms with Crippen LogP contribution in [0.3, 0.4) is 0 Å². The quantitative estimate of drug-likeness (QED) is 0.821. The second-order valence-corrected chi connectivity index (χ2v) is 3.74. The van der Waals surface area contributed by atoms with E-state index in [-0.39, 0.29) is 17.2 Å². The number of hydrogen-bond acceptors (Lipinski definition) is 3. The third-order valence-electron chi connectivity index (χ3n) is 2.47. The molecule has 0 fully saturated rings. The van der Waals surface area contributed by atoms with Crippen LogP contribution in [0.4, 0.5) is 0 Å². The lowest BCUT2D eigenvalue weighted by Gasteiger charge is -2.20. The Morgan fingerprint density at radius 2 is 2.19 bits per heavy atom. The monoisotopic (exact) mass is 218 g/mol. The summed E-state index contributed by atoms with van der Waals surface area (Å²) < 4.78 is 0. The molecule has 4 nitrogen and oxygen atoms in total. The lowest BCUT2D eigenvalue weighted by atomic mass is 10.1. The second kappa shape index (κ2) is 4.67. The van der Waals surface area contributed by atoms with Crippen LogP contribution in [0, 0.1) is 18.3 Å². The minimum Gasteiger partial charge on any atom is -0.507 e. The standard InChI is InChI=1S/C12H14N2O2/c1-8-4-5-11(15)10(6-8)12(16)14(3)9(2)7-13/h4-6,9,15H,1-3H3. The molecule has 0 aromatic heterocycles. The number of aryl methyl sites for hydroxylation is 1. The highest BCUT2D eigenvalue weighted by atomic mass is 16.3. The number of hydrogen-bond donors (Lipinski definition) is 1. The lowest BCUT2D eigenvalue weighted by molar-refractivity contribution is 0.0770. The Kier molecular flexibility index (Phi) is 3.51. The molecule has 0 spiro atoms. The van der Waals surface area contributed by atoms with Crippen LogP contribution in [-0.2, 0) is 0 Å². The van der Waals surface area contributed by atoms with Gasteiger partial charge in [0.1, 0.15) is 11.8 Å². The number of rotatable bonds is 2. The minimum atomic E-state index is -0.521. The molecule has 1 amide bonds. The molecule has 0 heterocycles. The molecular weight excluding hydrogens is 204 g/mol. The van der Waals surface area contributed by atoms with Gasteiger partial charge in [0, 0.05) is 7.05 Å². The summed E-state index contributed by atoms with van der Waals surface area (Å²) in [6.07, 6.45) is 0. The fourth-order valence-electron chi connectivity index (χ4n) is 1.27. The van der Waals surface area contributed by atoms with Crippen molar-refractivity contribution in [3.05, 3.63) is 29.3 Å². The molecule has 84 valence electrons. The van der Waals surface area contributed by atoms with Crippen molar-refractivity contribution < 1.29 is 9.90 Å². The van der Waals surface area contributed by atoms with Gasteiger partial charge >= 0.3 is 0 Å². The first-order valence-electron chi connectivity index (χ1n) is 4.93. The molecule has 16 heavy (non-hydrogen) atoms. The van der Waals surface area contributed by atoms with Crippen LogP contribution in [0.25, 0.3) is 0 Å². The van der Waals surface area contributed by atoms with E-state index in [1.165, 1.54) is 18.0 Å². The third-order valence-corrected chi connectivity index (χ3v) is 2.47. The Labute approximate surface area is 94.7 Å². The average Bonchev–Trinajstić information content (AvgIpc) is 2.29. The van der Waals surface area contributed by atoms with E-state index in [1.807, 2.05) is 13.0 Å². The highest BCUT2D eigenvalue weighted by Crippen LogP contribution is 2.20. The van der Waals surface area contributed by atoms with Crippen molar-refractivity contribution in [2.45, 2.75) is 19.9 Å². The summed E-state index contributed by atoms with van der Waals surface area (Å²) in [4.78, 5) is 13.2. The van der Waals surface area contributed by atoms with Crippen molar-refractivity contribution in [1.82, 2.24) is 4.90 Å². The van der Waals surface area contributed by atoms with Crippen molar-refractivity contribution in [3.63, 3.8) is 0 Å². The number of phenols is 1. The van der Waals surface area contributed by atoms with Gasteiger partial charge in [0.05, 0.1) is 11.6 Å². The van der Waals surface area contributed by atoms with Crippen molar-refractivity contribution in [2.75, 3.05) is 7.05 Å². The largest absolute Gasteiger partial charge is 0.507 e. The molecule has 0 saturated carbocycles. The highest BCUT2D eigenvalue weighted by Gasteiger charge is 2.19. The maximum absolute atomic E-state index is 11.9. The van der Waals surface area contributed by atoms with Crippen LogP contribution in [0.2, 0.25) is 0 Å². The summed E-state index contributed by atoms with van der Waals surface area (Å²) in [5.41, 5.74) is 1.11. The molecule has 1 rings (SSSR count). The van der Waals surface area contributed by atoms with Crippen molar-refractivity contribution in [2.24, 2.45) is 0 Å². The number of amides is 1. The summed E-state index contributed by atoms with van der Waals surface area (Å²) >= 11 is 0. The zero-order valence-electron chi connectivity index (χ0n) is 9.56. The van der Waals surface area contributed by atoms with E-state index in [0.29, 0.717) is 0 Å². The number of carbonyl (C=O) groups is 1. The van der Waals surface area contributed by atoms with Gasteiger partial charge in [-0.1, -0.05) is 11.6 Å². The summed E-state index contributed by atoms with van der Waals surface area (Å²) in [5.74, 6) is -0.414. The zero-order chi connectivity index (χ0) is 12.3. The Morgan fingerprint density at radius 3 is 2.75 bits per heavy atom. The van der Waals surface area contributed by atoms with Gasteiger partial charge < -0.3 is 10.0 Å². The van der Waals surface area contributed by atoms with Gasteiger partial charge in [-0.25, -0.2) is 0 Å². The molecule has 1 aromatic rings. The summed E-state index contributed by atoms with van der Waals surface area (Å²) in [7, 11) is 1.54. The molecule has 4 heteroatoms. The number of aromatic hydroxyl groups is 1. The van der Waals surface area contributed by atoms with Crippen LogP contribution < -0.4 is 0 Å². The minimum absolute atomic E-state index is 0.0624. The molecule has 1 aromatic carbocycles. The first-order valence-corrected chi connectivity index (χ1v) is 4.93. The van der Waals surface area contributed by atoms with Crippen molar-refractivity contribution in [1.29, 1.82) is 5.26 Å². The molecular formula is C12H14N2O2. The fourth-order valence-corrected chi connectivity index (χ4v) is 1.27. The molecule has 0 aliphatic carbocycles. The van der Waals surface area contributed by atoms with Gasteiger partial charge in [-0.05, 0) is 26.0 Å². The first-order chi connectivity index (χ1) is 7.47. The summed E-state index contributed by atoms with van der Waals surface area (Å²) in [6, 6.07) is 6.26. The summed E-state index contributed by atoms with van der Waals surface area (Å²) in [5, 5.41) is 18.3. The number of nitriles is 1. The van der Waals surface area contributed by atoms with Gasteiger partial charge in [0.25, 0.3) is 5.91 Å². The molecule has 1 atom stereocenters. The Balaban J connectivity index is 3.06. The maximum atomic E-state index is 11.9. The predicted molar refractivity (Wildman–Crippen MR) is 60.0 cm³/mol. The molecule has 1 N–H and O–H groups in total. The SMILES string of the molecule is Cc1ccc(O)c(C(=O)N(C)C(C)C#N)c1. The number of carbonyl (C=O) groups excluding carboxylic acids is 1. The normalized spacial score (nSPS) is 11.6. The van der Waals surface area contributed by atoms with Gasteiger partial charge in [0.15, 0.2) is 0 Å². The maximum Gasteiger partial charge on any atom is 0.258 e. The van der Waals surface area contributed by atoms with Crippen LogP contribution >= 0.6 is 0 Å². The Bertz CT molecular complexity index is 449. The van der Waals surface area contributed by atoms with Gasteiger partial charge in [-0.15, -0.1) is 0 Å². The van der Waals surface area contributed by atoms with Gasteiger partial charge in [-0.2, -0.15) is 5.26 Å². The fraction of sp³-hybridized carbons (Fsp3) is 0.333. The van der Waals surface area contributed by atoms with E-state index in [0.717, 1.165) is 5.56 Å². The van der Waals surface area contributed by atoms with Crippen molar-refractivity contribution in [3.8, 4) is 11.8 Å². The molecule has 0 aliphatic rings. The molecule has 0 radical (unpaired) electrons. The van der Waals surface area contributed by atoms with Gasteiger partial charge in [-0.3, -0.25) is 4.79 Å². The van der Waals surface area contributed by atoms with E-state index in [2.05, 4.69) is 0 Å². The van der Waals surface area contributed by atoms with E-state index in [4.69, 9.17) is 5.26 Å². The van der Waals surface area contributed by atoms with Crippen molar-refractivity contribution >= 4 is 5.91 Å². The Hall–Kier alpha value is -2.02. The molecule has 0 bridgehead atoms. The highest BCUT2D eigenvalue weighted by molar-refractivity contribution is 5.97. The van der Waals surface area contributed by atoms with E-state index in [1.54, 1.807) is 19.1 Å². The van der Waals surface area contributed by atoms with E-state index in [9.17, 15) is 9.90 Å². The number of benzene rings is 1. The van der Waals surface area contributed by atoms with Crippen LogP contribution in [0.5, 0.6) is 5.75 Å². The Morgan fingerprint density at radius 1 is 1.56 bits per heavy atom. The molecule has 0 aliphatic heterocycles. The zero-order valence-corrected chi connectivity index (χ0v) is 9.56. The average molecular weight is 218 g/mol. The second-order valence-electron chi connectivity index (χ2n) is 3.74. The topological polar surface area (TPSA) is 64.3 Å². The smallest absolute Gasteiger partial charge is 0.258 e. The van der Waals surface area contributed by atoms with E-state index < -0.39 is 6.04 Å². The first kappa shape index (κ1) is 12.1. The predicted octanol–water partition coefficient (Wildman–Crippen LogP) is 1.68. The van der Waals surface area contributed by atoms with Gasteiger partial charge in [0.2, 0.25) is 0 Å². The van der Waals surface area contributed by atoms with E-state index >= 15 is 0 Å². The third kappa shape index (κ3) is 2.31. The molecule has 1 unspecified atom stereocenters. The van der Waals surface area contributed by atoms with Crippen LogP contribution in [0.1, 0.15) is 22.8 Å².